The Bertz CT molecular complexity index is 446. The first kappa shape index (κ1) is 10.9. The van der Waals surface area contributed by atoms with E-state index in [1.165, 1.54) is 11.1 Å². The Morgan fingerprint density at radius 3 is 2.62 bits per heavy atom. The van der Waals surface area contributed by atoms with Crippen molar-refractivity contribution in [2.75, 3.05) is 0 Å². The summed E-state index contributed by atoms with van der Waals surface area (Å²) >= 11 is 0. The predicted octanol–water partition coefficient (Wildman–Crippen LogP) is 3.95. The maximum atomic E-state index is 4.37. The summed E-state index contributed by atoms with van der Waals surface area (Å²) in [6, 6.07) is 14.7. The highest BCUT2D eigenvalue weighted by atomic mass is 14.7. The standard InChI is InChI=1S/C15H17N/c1-12(2)10-13-6-5-7-14(11-13)15-8-3-4-9-16-15/h3-9,11-12H,10H2,1-2H3. The Morgan fingerprint density at radius 2 is 1.94 bits per heavy atom. The van der Waals surface area contributed by atoms with Crippen LogP contribution in [0, 0.1) is 5.92 Å². The van der Waals surface area contributed by atoms with E-state index >= 15 is 0 Å². The molecule has 2 rings (SSSR count). The van der Waals surface area contributed by atoms with E-state index in [9.17, 15) is 0 Å². The van der Waals surface area contributed by atoms with E-state index < -0.39 is 0 Å². The van der Waals surface area contributed by atoms with E-state index in [0.29, 0.717) is 5.92 Å². The highest BCUT2D eigenvalue weighted by molar-refractivity contribution is 5.59. The Hall–Kier alpha value is -1.63. The Kier molecular flexibility index (Phi) is 3.35. The van der Waals surface area contributed by atoms with Crippen LogP contribution in [0.4, 0.5) is 0 Å². The molecule has 0 radical (unpaired) electrons. The van der Waals surface area contributed by atoms with Crippen LogP contribution in [-0.4, -0.2) is 4.98 Å². The molecule has 0 unspecified atom stereocenters. The van der Waals surface area contributed by atoms with Gasteiger partial charge in [-0.3, -0.25) is 4.98 Å². The van der Waals surface area contributed by atoms with Crippen molar-refractivity contribution in [2.45, 2.75) is 20.3 Å². The number of aromatic nitrogens is 1. The van der Waals surface area contributed by atoms with Crippen LogP contribution < -0.4 is 0 Å². The summed E-state index contributed by atoms with van der Waals surface area (Å²) < 4.78 is 0. The first-order valence-corrected chi connectivity index (χ1v) is 5.76. The number of hydrogen-bond donors (Lipinski definition) is 0. The van der Waals surface area contributed by atoms with Gasteiger partial charge in [-0.2, -0.15) is 0 Å². The molecule has 1 heterocycles. The van der Waals surface area contributed by atoms with Gasteiger partial charge in [0.1, 0.15) is 0 Å². The van der Waals surface area contributed by atoms with E-state index in [-0.39, 0.29) is 0 Å². The van der Waals surface area contributed by atoms with E-state index in [4.69, 9.17) is 0 Å². The SMILES string of the molecule is CC(C)Cc1cccc(-c2ccccn2)c1. The van der Waals surface area contributed by atoms with Gasteiger partial charge in [0.2, 0.25) is 0 Å². The van der Waals surface area contributed by atoms with Gasteiger partial charge in [-0.25, -0.2) is 0 Å². The van der Waals surface area contributed by atoms with Crippen molar-refractivity contribution in [1.82, 2.24) is 4.98 Å². The zero-order chi connectivity index (χ0) is 11.4. The van der Waals surface area contributed by atoms with Gasteiger partial charge in [0.15, 0.2) is 0 Å². The third-order valence-electron chi connectivity index (χ3n) is 2.53. The monoisotopic (exact) mass is 211 g/mol. The number of nitrogens with zero attached hydrogens (tertiary/aromatic N) is 1. The van der Waals surface area contributed by atoms with Gasteiger partial charge in [-0.1, -0.05) is 38.1 Å². The van der Waals surface area contributed by atoms with Gasteiger partial charge >= 0.3 is 0 Å². The molecule has 2 aromatic rings. The lowest BCUT2D eigenvalue weighted by Gasteiger charge is -2.07. The number of pyridine rings is 1. The number of hydrogen-bond acceptors (Lipinski definition) is 1. The van der Waals surface area contributed by atoms with E-state index in [0.717, 1.165) is 12.1 Å². The molecule has 0 N–H and O–H groups in total. The molecular weight excluding hydrogens is 194 g/mol. The van der Waals surface area contributed by atoms with Crippen molar-refractivity contribution in [1.29, 1.82) is 0 Å². The maximum absolute atomic E-state index is 4.37. The molecule has 0 amide bonds. The van der Waals surface area contributed by atoms with Crippen LogP contribution in [0.3, 0.4) is 0 Å². The molecule has 1 nitrogen and oxygen atoms in total. The Balaban J connectivity index is 2.29. The molecule has 1 heteroatoms. The molecular formula is C15H17N. The third kappa shape index (κ3) is 2.69. The van der Waals surface area contributed by atoms with Gasteiger partial charge < -0.3 is 0 Å². The summed E-state index contributed by atoms with van der Waals surface area (Å²) in [6.07, 6.45) is 2.96. The molecule has 0 bridgehead atoms. The van der Waals surface area contributed by atoms with Gasteiger partial charge in [0.05, 0.1) is 5.69 Å². The minimum Gasteiger partial charge on any atom is -0.256 e. The molecule has 1 aromatic heterocycles. The van der Waals surface area contributed by atoms with Crippen LogP contribution in [0.25, 0.3) is 11.3 Å². The zero-order valence-electron chi connectivity index (χ0n) is 9.85. The quantitative estimate of drug-likeness (QED) is 0.749. The van der Waals surface area contributed by atoms with Crippen molar-refractivity contribution < 1.29 is 0 Å². The van der Waals surface area contributed by atoms with E-state index in [2.05, 4.69) is 49.2 Å². The van der Waals surface area contributed by atoms with Crippen LogP contribution in [0.5, 0.6) is 0 Å². The van der Waals surface area contributed by atoms with Gasteiger partial charge in [-0.05, 0) is 36.1 Å². The number of benzene rings is 1. The summed E-state index contributed by atoms with van der Waals surface area (Å²) in [6.45, 7) is 4.49. The summed E-state index contributed by atoms with van der Waals surface area (Å²) in [4.78, 5) is 4.37. The Labute approximate surface area is 97.2 Å². The highest BCUT2D eigenvalue weighted by Crippen LogP contribution is 2.19. The van der Waals surface area contributed by atoms with Crippen molar-refractivity contribution in [3.8, 4) is 11.3 Å². The molecule has 0 atom stereocenters. The second-order valence-electron chi connectivity index (χ2n) is 4.51. The minimum atomic E-state index is 0.694. The van der Waals surface area contributed by atoms with Gasteiger partial charge in [0, 0.05) is 11.8 Å². The minimum absolute atomic E-state index is 0.694. The first-order chi connectivity index (χ1) is 7.75. The highest BCUT2D eigenvalue weighted by Gasteiger charge is 2.01. The number of rotatable bonds is 3. The van der Waals surface area contributed by atoms with Crippen LogP contribution in [0.2, 0.25) is 0 Å². The molecule has 0 aliphatic heterocycles. The average Bonchev–Trinajstić information content (AvgIpc) is 2.30. The summed E-state index contributed by atoms with van der Waals surface area (Å²) in [5, 5.41) is 0. The normalized spacial score (nSPS) is 10.7. The van der Waals surface area contributed by atoms with Crippen molar-refractivity contribution in [3.05, 3.63) is 54.2 Å². The lowest BCUT2D eigenvalue weighted by Crippen LogP contribution is -1.94. The summed E-state index contributed by atoms with van der Waals surface area (Å²) in [5.74, 6) is 0.694. The zero-order valence-corrected chi connectivity index (χ0v) is 9.85. The molecule has 0 saturated carbocycles. The molecule has 82 valence electrons. The molecule has 0 aliphatic carbocycles. The van der Waals surface area contributed by atoms with Gasteiger partial charge in [-0.15, -0.1) is 0 Å². The fourth-order valence-electron chi connectivity index (χ4n) is 1.86. The second kappa shape index (κ2) is 4.93. The molecule has 0 spiro atoms. The molecule has 16 heavy (non-hydrogen) atoms. The van der Waals surface area contributed by atoms with Crippen LogP contribution >= 0.6 is 0 Å². The van der Waals surface area contributed by atoms with Crippen molar-refractivity contribution >= 4 is 0 Å². The first-order valence-electron chi connectivity index (χ1n) is 5.76. The third-order valence-corrected chi connectivity index (χ3v) is 2.53. The average molecular weight is 211 g/mol. The fraction of sp³-hybridized carbons (Fsp3) is 0.267. The van der Waals surface area contributed by atoms with Gasteiger partial charge in [0.25, 0.3) is 0 Å². The Morgan fingerprint density at radius 1 is 1.06 bits per heavy atom. The molecule has 0 aliphatic rings. The topological polar surface area (TPSA) is 12.9 Å². The van der Waals surface area contributed by atoms with E-state index in [1.807, 2.05) is 18.3 Å². The smallest absolute Gasteiger partial charge is 0.0702 e. The van der Waals surface area contributed by atoms with Crippen molar-refractivity contribution in [2.24, 2.45) is 5.92 Å². The van der Waals surface area contributed by atoms with Crippen LogP contribution in [-0.2, 0) is 6.42 Å². The molecule has 0 fully saturated rings. The summed E-state index contributed by atoms with van der Waals surface area (Å²) in [5.41, 5.74) is 3.64. The maximum Gasteiger partial charge on any atom is 0.0702 e. The summed E-state index contributed by atoms with van der Waals surface area (Å²) in [7, 11) is 0. The second-order valence-corrected chi connectivity index (χ2v) is 4.51. The lowest BCUT2D eigenvalue weighted by molar-refractivity contribution is 0.647. The van der Waals surface area contributed by atoms with Crippen LogP contribution in [0.1, 0.15) is 19.4 Å². The lowest BCUT2D eigenvalue weighted by atomic mass is 10.00. The molecule has 1 aromatic carbocycles. The fourth-order valence-corrected chi connectivity index (χ4v) is 1.86. The predicted molar refractivity (Wildman–Crippen MR) is 68.2 cm³/mol. The molecule has 0 saturated heterocycles. The van der Waals surface area contributed by atoms with Crippen molar-refractivity contribution in [3.63, 3.8) is 0 Å². The largest absolute Gasteiger partial charge is 0.256 e. The van der Waals surface area contributed by atoms with E-state index in [1.54, 1.807) is 0 Å². The van der Waals surface area contributed by atoms with Crippen LogP contribution in [0.15, 0.2) is 48.7 Å².